The van der Waals surface area contributed by atoms with E-state index in [1.807, 2.05) is 42.5 Å². The van der Waals surface area contributed by atoms with Gasteiger partial charge >= 0.3 is 0 Å². The summed E-state index contributed by atoms with van der Waals surface area (Å²) in [6.45, 7) is 0.366. The van der Waals surface area contributed by atoms with E-state index in [0.29, 0.717) is 17.6 Å². The molecule has 0 bridgehead atoms. The summed E-state index contributed by atoms with van der Waals surface area (Å²) in [7, 11) is 0. The minimum Gasteiger partial charge on any atom is -0.347 e. The Kier molecular flexibility index (Phi) is 6.06. The monoisotopic (exact) mass is 406 g/mol. The number of amides is 1. The summed E-state index contributed by atoms with van der Waals surface area (Å²) in [4.78, 5) is 16.7. The Hall–Kier alpha value is -2.92. The van der Waals surface area contributed by atoms with Crippen LogP contribution >= 0.6 is 11.6 Å². The molecule has 0 spiro atoms. The van der Waals surface area contributed by atoms with Crippen molar-refractivity contribution in [3.05, 3.63) is 77.1 Å². The topological polar surface area (TPSA) is 59.8 Å². The maximum Gasteiger partial charge on any atom is 0.244 e. The van der Waals surface area contributed by atoms with Crippen LogP contribution in [-0.4, -0.2) is 20.7 Å². The molecule has 1 aliphatic rings. The third kappa shape index (κ3) is 4.74. The number of halogens is 1. The zero-order valence-corrected chi connectivity index (χ0v) is 16.8. The number of carbonyl (C=O) groups is 1. The van der Waals surface area contributed by atoms with Crippen LogP contribution in [-0.2, 0) is 11.3 Å². The Morgan fingerprint density at radius 3 is 2.72 bits per heavy atom. The molecule has 6 heteroatoms. The summed E-state index contributed by atoms with van der Waals surface area (Å²) < 4.78 is 2.09. The van der Waals surface area contributed by atoms with Crippen LogP contribution in [0, 0.1) is 0 Å². The molecule has 1 N–H and O–H groups in total. The molecule has 2 heterocycles. The number of rotatable bonds is 6. The summed E-state index contributed by atoms with van der Waals surface area (Å²) >= 11 is 6.12. The number of pyridine rings is 1. The molecule has 148 valence electrons. The first-order valence-electron chi connectivity index (χ1n) is 9.91. The Labute approximate surface area is 175 Å². The lowest BCUT2D eigenvalue weighted by Gasteiger charge is -2.13. The predicted octanol–water partition coefficient (Wildman–Crippen LogP) is 5.04. The Morgan fingerprint density at radius 1 is 1.17 bits per heavy atom. The van der Waals surface area contributed by atoms with Crippen LogP contribution in [0.15, 0.2) is 60.8 Å². The van der Waals surface area contributed by atoms with Gasteiger partial charge in [0.05, 0.1) is 29.7 Å². The molecule has 0 aliphatic heterocycles. The van der Waals surface area contributed by atoms with E-state index in [1.54, 1.807) is 18.3 Å². The van der Waals surface area contributed by atoms with Crippen LogP contribution < -0.4 is 5.32 Å². The van der Waals surface area contributed by atoms with E-state index >= 15 is 0 Å². The minimum atomic E-state index is -0.181. The second-order valence-electron chi connectivity index (χ2n) is 7.19. The number of nitrogens with zero attached hydrogens (tertiary/aromatic N) is 3. The van der Waals surface area contributed by atoms with Gasteiger partial charge in [-0.15, -0.1) is 0 Å². The van der Waals surface area contributed by atoms with Crippen molar-refractivity contribution < 1.29 is 4.79 Å². The Balaban J connectivity index is 1.47. The summed E-state index contributed by atoms with van der Waals surface area (Å²) in [5, 5.41) is 8.31. The van der Waals surface area contributed by atoms with Gasteiger partial charge in [0, 0.05) is 17.3 Å². The van der Waals surface area contributed by atoms with Crippen molar-refractivity contribution in [3.8, 4) is 11.4 Å². The van der Waals surface area contributed by atoms with E-state index < -0.39 is 0 Å². The van der Waals surface area contributed by atoms with Gasteiger partial charge in [0.2, 0.25) is 5.91 Å². The van der Waals surface area contributed by atoms with Gasteiger partial charge in [-0.3, -0.25) is 14.5 Å². The number of nitrogens with one attached hydrogen (secondary N) is 1. The second-order valence-corrected chi connectivity index (χ2v) is 7.60. The lowest BCUT2D eigenvalue weighted by molar-refractivity contribution is -0.116. The molecule has 0 radical (unpaired) electrons. The van der Waals surface area contributed by atoms with E-state index in [-0.39, 0.29) is 5.91 Å². The SMILES string of the molecule is O=C(C=Cc1ccccc1Cl)NCc1cc(-c2ccccn2)n(C2CCCC2)n1. The lowest BCUT2D eigenvalue weighted by Crippen LogP contribution is -2.20. The van der Waals surface area contributed by atoms with Gasteiger partial charge in [0.1, 0.15) is 0 Å². The van der Waals surface area contributed by atoms with Crippen LogP contribution in [0.5, 0.6) is 0 Å². The molecule has 1 fully saturated rings. The molecule has 0 atom stereocenters. The Morgan fingerprint density at radius 2 is 1.97 bits per heavy atom. The van der Waals surface area contributed by atoms with Crippen molar-refractivity contribution in [1.29, 1.82) is 0 Å². The van der Waals surface area contributed by atoms with E-state index in [4.69, 9.17) is 16.7 Å². The maximum absolute atomic E-state index is 12.2. The van der Waals surface area contributed by atoms with Crippen molar-refractivity contribution in [2.75, 3.05) is 0 Å². The van der Waals surface area contributed by atoms with E-state index in [9.17, 15) is 4.79 Å². The summed E-state index contributed by atoms with van der Waals surface area (Å²) in [6.07, 6.45) is 9.73. The molecule has 5 nitrogen and oxygen atoms in total. The molecule has 1 amide bonds. The van der Waals surface area contributed by atoms with Gasteiger partial charge in [-0.2, -0.15) is 5.10 Å². The van der Waals surface area contributed by atoms with Gasteiger partial charge in [-0.05, 0) is 48.7 Å². The van der Waals surface area contributed by atoms with Gasteiger partial charge in [0.25, 0.3) is 0 Å². The van der Waals surface area contributed by atoms with Gasteiger partial charge in [-0.1, -0.05) is 48.7 Å². The first-order valence-corrected chi connectivity index (χ1v) is 10.3. The number of benzene rings is 1. The predicted molar refractivity (Wildman–Crippen MR) is 115 cm³/mol. The fourth-order valence-corrected chi connectivity index (χ4v) is 3.88. The molecule has 1 aliphatic carbocycles. The number of aromatic nitrogens is 3. The smallest absolute Gasteiger partial charge is 0.244 e. The summed E-state index contributed by atoms with van der Waals surface area (Å²) in [6, 6.07) is 15.7. The van der Waals surface area contributed by atoms with Crippen molar-refractivity contribution in [3.63, 3.8) is 0 Å². The number of carbonyl (C=O) groups excluding carboxylic acids is 1. The molecular weight excluding hydrogens is 384 g/mol. The zero-order chi connectivity index (χ0) is 20.1. The first kappa shape index (κ1) is 19.4. The highest BCUT2D eigenvalue weighted by atomic mass is 35.5. The summed E-state index contributed by atoms with van der Waals surface area (Å²) in [5.41, 5.74) is 3.56. The third-order valence-corrected chi connectivity index (χ3v) is 5.49. The highest BCUT2D eigenvalue weighted by Gasteiger charge is 2.22. The van der Waals surface area contributed by atoms with E-state index in [2.05, 4.69) is 15.0 Å². The molecular formula is C23H23ClN4O. The average molecular weight is 407 g/mol. The molecule has 1 aromatic carbocycles. The number of hydrogen-bond donors (Lipinski definition) is 1. The van der Waals surface area contributed by atoms with Gasteiger partial charge < -0.3 is 5.32 Å². The molecule has 2 aromatic heterocycles. The summed E-state index contributed by atoms with van der Waals surface area (Å²) in [5.74, 6) is -0.181. The van der Waals surface area contributed by atoms with Crippen molar-refractivity contribution in [2.45, 2.75) is 38.3 Å². The molecule has 0 unspecified atom stereocenters. The van der Waals surface area contributed by atoms with Crippen molar-refractivity contribution >= 4 is 23.6 Å². The number of hydrogen-bond acceptors (Lipinski definition) is 3. The van der Waals surface area contributed by atoms with Gasteiger partial charge in [-0.25, -0.2) is 0 Å². The second kappa shape index (κ2) is 9.05. The lowest BCUT2D eigenvalue weighted by atomic mass is 10.2. The molecule has 0 saturated heterocycles. The van der Waals surface area contributed by atoms with Crippen LogP contribution in [0.3, 0.4) is 0 Å². The van der Waals surface area contributed by atoms with Crippen LogP contribution in [0.4, 0.5) is 0 Å². The Bertz CT molecular complexity index is 1010. The quantitative estimate of drug-likeness (QED) is 0.583. The molecule has 3 aromatic rings. The first-order chi connectivity index (χ1) is 14.2. The van der Waals surface area contributed by atoms with E-state index in [0.717, 1.165) is 35.5 Å². The third-order valence-electron chi connectivity index (χ3n) is 5.15. The van der Waals surface area contributed by atoms with Crippen molar-refractivity contribution in [1.82, 2.24) is 20.1 Å². The van der Waals surface area contributed by atoms with Gasteiger partial charge in [0.15, 0.2) is 0 Å². The molecule has 1 saturated carbocycles. The zero-order valence-electron chi connectivity index (χ0n) is 16.1. The maximum atomic E-state index is 12.2. The fourth-order valence-electron chi connectivity index (χ4n) is 3.68. The van der Waals surface area contributed by atoms with Crippen molar-refractivity contribution in [2.24, 2.45) is 0 Å². The molecule has 29 heavy (non-hydrogen) atoms. The average Bonchev–Trinajstić information content (AvgIpc) is 3.42. The normalized spacial score (nSPS) is 14.5. The minimum absolute atomic E-state index is 0.181. The fraction of sp³-hybridized carbons (Fsp3) is 0.261. The van der Waals surface area contributed by atoms with E-state index in [1.165, 1.54) is 18.9 Å². The van der Waals surface area contributed by atoms with Crippen LogP contribution in [0.1, 0.15) is 43.0 Å². The highest BCUT2D eigenvalue weighted by molar-refractivity contribution is 6.32. The van der Waals surface area contributed by atoms with Crippen LogP contribution in [0.25, 0.3) is 17.5 Å². The molecule has 4 rings (SSSR count). The highest BCUT2D eigenvalue weighted by Crippen LogP contribution is 2.33. The largest absolute Gasteiger partial charge is 0.347 e. The standard InChI is InChI=1S/C23H23ClN4O/c24-20-10-4-1-7-17(20)12-13-23(29)26-16-18-15-22(21-11-5-6-14-25-21)28(27-18)19-8-2-3-9-19/h1,4-7,10-15,19H,2-3,8-9,16H2,(H,26,29). The van der Waals surface area contributed by atoms with Crippen LogP contribution in [0.2, 0.25) is 5.02 Å².